The Balaban J connectivity index is 3.59. The Morgan fingerprint density at radius 2 is 2.30 bits per heavy atom. The number of hydrogen-bond donors (Lipinski definition) is 2. The summed E-state index contributed by atoms with van der Waals surface area (Å²) in [5.41, 5.74) is 0. The Labute approximate surface area is 57.0 Å². The van der Waals surface area contributed by atoms with E-state index in [1.165, 1.54) is 0 Å². The third kappa shape index (κ3) is 3.93. The lowest BCUT2D eigenvalue weighted by molar-refractivity contribution is -0.903. The van der Waals surface area contributed by atoms with Crippen LogP contribution >= 0.6 is 0 Å². The van der Waals surface area contributed by atoms with Crippen LogP contribution in [-0.4, -0.2) is 30.8 Å². The van der Waals surface area contributed by atoms with Crippen molar-refractivity contribution in [1.29, 1.82) is 0 Å². The molecule has 0 bridgehead atoms. The molecule has 58 valence electrons. The van der Waals surface area contributed by atoms with E-state index in [0.29, 0.717) is 0 Å². The van der Waals surface area contributed by atoms with Gasteiger partial charge >= 0.3 is 0 Å². The molecule has 6 heteroatoms. The summed E-state index contributed by atoms with van der Waals surface area (Å²) in [5.74, 6) is -1.36. The number of rotatable bonds is 5. The van der Waals surface area contributed by atoms with Gasteiger partial charge in [0.25, 0.3) is 0 Å². The Kier molecular flexibility index (Phi) is 4.34. The number of carbonyl (C=O) groups excluding carboxylic acids is 1. The summed E-state index contributed by atoms with van der Waals surface area (Å²) < 4.78 is 0. The molecule has 6 nitrogen and oxygen atoms in total. The van der Waals surface area contributed by atoms with Gasteiger partial charge in [-0.3, -0.25) is 0 Å². The highest BCUT2D eigenvalue weighted by Gasteiger charge is 2.06. The van der Waals surface area contributed by atoms with Gasteiger partial charge in [-0.15, -0.1) is 0 Å². The number of nitrogens with one attached hydrogen (secondary N) is 1. The summed E-state index contributed by atoms with van der Waals surface area (Å²) in [6, 6.07) is 0. The zero-order chi connectivity index (χ0) is 7.98. The van der Waals surface area contributed by atoms with Gasteiger partial charge in [0.2, 0.25) is 0 Å². The standard InChI is InChI=1S/C4H8N2O4/c7-2-1-6(5-10)3-4(8)9/h7H,1-3H2,(H,8,9). The molecular formula is C4H8N2O4. The molecule has 0 aliphatic rings. The maximum absolute atomic E-state index is 9.83. The highest BCUT2D eigenvalue weighted by molar-refractivity contribution is 5.65. The highest BCUT2D eigenvalue weighted by Crippen LogP contribution is 1.51. The van der Waals surface area contributed by atoms with E-state index >= 15 is 0 Å². The zero-order valence-electron chi connectivity index (χ0n) is 5.24. The molecule has 0 radical (unpaired) electrons. The number of hydrogen-bond acceptors (Lipinski definition) is 5. The Morgan fingerprint density at radius 1 is 1.70 bits per heavy atom. The molecule has 0 amide bonds. The van der Waals surface area contributed by atoms with E-state index in [9.17, 15) is 14.8 Å². The molecule has 1 unspecified atom stereocenters. The Morgan fingerprint density at radius 3 is 2.60 bits per heavy atom. The van der Waals surface area contributed by atoms with Crippen LogP contribution in [0.25, 0.3) is 0 Å². The van der Waals surface area contributed by atoms with Gasteiger partial charge in [0.15, 0.2) is 5.29 Å². The molecule has 2 N–H and O–H groups in total. The number of carboxylic acid groups (broad SMARTS) is 1. The van der Waals surface area contributed by atoms with Crippen molar-refractivity contribution in [2.24, 2.45) is 5.29 Å². The molecular weight excluding hydrogens is 140 g/mol. The third-order valence-electron chi connectivity index (χ3n) is 0.878. The highest BCUT2D eigenvalue weighted by atomic mass is 16.4. The van der Waals surface area contributed by atoms with Crippen molar-refractivity contribution in [1.82, 2.24) is 0 Å². The van der Waals surface area contributed by atoms with Gasteiger partial charge in [-0.1, -0.05) is 4.91 Å². The first-order valence-corrected chi connectivity index (χ1v) is 2.69. The maximum Gasteiger partial charge on any atom is 0.151 e. The van der Waals surface area contributed by atoms with Crippen LogP contribution in [0.5, 0.6) is 0 Å². The summed E-state index contributed by atoms with van der Waals surface area (Å²) in [7, 11) is 0. The van der Waals surface area contributed by atoms with Gasteiger partial charge in [-0.05, 0) is 0 Å². The van der Waals surface area contributed by atoms with E-state index in [2.05, 4.69) is 5.29 Å². The summed E-state index contributed by atoms with van der Waals surface area (Å²) in [6.45, 7) is -0.768. The van der Waals surface area contributed by atoms with Gasteiger partial charge < -0.3 is 15.0 Å². The molecule has 0 saturated carbocycles. The van der Waals surface area contributed by atoms with Crippen molar-refractivity contribution >= 4 is 5.97 Å². The minimum Gasteiger partial charge on any atom is -0.544 e. The predicted molar refractivity (Wildman–Crippen MR) is 28.6 cm³/mol. The SMILES string of the molecule is O=N[NH+](CCO)CC(=O)[O-]. The summed E-state index contributed by atoms with van der Waals surface area (Å²) in [5, 5.41) is 20.4. The van der Waals surface area contributed by atoms with Gasteiger partial charge in [-0.25, -0.2) is 0 Å². The van der Waals surface area contributed by atoms with Crippen molar-refractivity contribution < 1.29 is 20.0 Å². The lowest BCUT2D eigenvalue weighted by Crippen LogP contribution is -3.09. The number of carbonyl (C=O) groups is 1. The molecule has 0 fully saturated rings. The molecule has 0 saturated heterocycles. The first-order valence-electron chi connectivity index (χ1n) is 2.69. The number of quaternary nitrogens is 1. The van der Waals surface area contributed by atoms with Gasteiger partial charge in [0, 0.05) is 0 Å². The zero-order valence-corrected chi connectivity index (χ0v) is 5.24. The van der Waals surface area contributed by atoms with Crippen molar-refractivity contribution in [3.63, 3.8) is 0 Å². The van der Waals surface area contributed by atoms with Gasteiger partial charge in [-0.2, -0.15) is 5.01 Å². The normalized spacial score (nSPS) is 12.5. The average molecular weight is 148 g/mol. The molecule has 0 aromatic rings. The molecule has 10 heavy (non-hydrogen) atoms. The van der Waals surface area contributed by atoms with Crippen LogP contribution in [0, 0.1) is 4.91 Å². The summed E-state index contributed by atoms with van der Waals surface area (Å²) >= 11 is 0. The lowest BCUT2D eigenvalue weighted by atomic mass is 10.6. The van der Waals surface area contributed by atoms with Gasteiger partial charge in [0.05, 0.1) is 12.6 Å². The second-order valence-electron chi connectivity index (χ2n) is 1.68. The minimum atomic E-state index is -1.36. The monoisotopic (exact) mass is 148 g/mol. The van der Waals surface area contributed by atoms with E-state index in [-0.39, 0.29) is 18.2 Å². The third-order valence-corrected chi connectivity index (χ3v) is 0.878. The van der Waals surface area contributed by atoms with Crippen molar-refractivity contribution in [3.8, 4) is 0 Å². The first-order chi connectivity index (χ1) is 4.70. The van der Waals surface area contributed by atoms with E-state index in [1.807, 2.05) is 0 Å². The fourth-order valence-electron chi connectivity index (χ4n) is 0.462. The van der Waals surface area contributed by atoms with E-state index in [1.54, 1.807) is 0 Å². The number of aliphatic hydroxyl groups is 1. The van der Waals surface area contributed by atoms with Crippen LogP contribution in [0.15, 0.2) is 5.29 Å². The maximum atomic E-state index is 9.83. The van der Waals surface area contributed by atoms with E-state index < -0.39 is 12.5 Å². The first kappa shape index (κ1) is 8.99. The Hall–Kier alpha value is -1.01. The number of aliphatic hydroxyl groups excluding tert-OH is 1. The number of nitroso groups, excluding NO2 is 1. The van der Waals surface area contributed by atoms with Gasteiger partial charge in [0.1, 0.15) is 13.1 Å². The summed E-state index contributed by atoms with van der Waals surface area (Å²) in [6.07, 6.45) is 0. The largest absolute Gasteiger partial charge is 0.544 e. The van der Waals surface area contributed by atoms with Crippen LogP contribution in [0.1, 0.15) is 0 Å². The van der Waals surface area contributed by atoms with Crippen LogP contribution in [0.2, 0.25) is 0 Å². The molecule has 0 aromatic carbocycles. The smallest absolute Gasteiger partial charge is 0.151 e. The fraction of sp³-hybridized carbons (Fsp3) is 0.750. The van der Waals surface area contributed by atoms with Crippen molar-refractivity contribution in [2.75, 3.05) is 19.7 Å². The predicted octanol–water partition coefficient (Wildman–Crippen LogP) is -3.71. The number of aliphatic carboxylic acids is 1. The molecule has 0 aliphatic carbocycles. The van der Waals surface area contributed by atoms with E-state index in [0.717, 1.165) is 0 Å². The summed E-state index contributed by atoms with van der Waals surface area (Å²) in [4.78, 5) is 19.6. The van der Waals surface area contributed by atoms with Crippen LogP contribution in [0.4, 0.5) is 0 Å². The van der Waals surface area contributed by atoms with Crippen LogP contribution in [-0.2, 0) is 4.79 Å². The number of carboxylic acids is 1. The second kappa shape index (κ2) is 4.83. The molecule has 0 aromatic heterocycles. The molecule has 0 spiro atoms. The van der Waals surface area contributed by atoms with Crippen LogP contribution in [0.3, 0.4) is 0 Å². The topological polar surface area (TPSA) is 94.2 Å². The quantitative estimate of drug-likeness (QED) is 0.310. The average Bonchev–Trinajstić information content (AvgIpc) is 1.86. The Bertz CT molecular complexity index is 126. The fourth-order valence-corrected chi connectivity index (χ4v) is 0.462. The van der Waals surface area contributed by atoms with E-state index in [4.69, 9.17) is 5.11 Å². The molecule has 0 heterocycles. The number of nitrogens with zero attached hydrogens (tertiary/aromatic N) is 1. The second-order valence-corrected chi connectivity index (χ2v) is 1.68. The molecule has 0 aliphatic heterocycles. The van der Waals surface area contributed by atoms with Crippen molar-refractivity contribution in [2.45, 2.75) is 0 Å². The van der Waals surface area contributed by atoms with Crippen molar-refractivity contribution in [3.05, 3.63) is 4.91 Å². The molecule has 0 rings (SSSR count). The van der Waals surface area contributed by atoms with Crippen LogP contribution < -0.4 is 10.1 Å². The molecule has 1 atom stereocenters. The lowest BCUT2D eigenvalue weighted by Gasteiger charge is -2.06. The minimum absolute atomic E-state index is 0.00250.